The zero-order valence-electron chi connectivity index (χ0n) is 13.9. The number of hydrogen-bond donors (Lipinski definition) is 1. The summed E-state index contributed by atoms with van der Waals surface area (Å²) in [4.78, 5) is 24.1. The van der Waals surface area contributed by atoms with Gasteiger partial charge in [0, 0.05) is 5.69 Å². The molecule has 1 amide bonds. The maximum Gasteiger partial charge on any atom is 0.311 e. The third kappa shape index (κ3) is 4.41. The summed E-state index contributed by atoms with van der Waals surface area (Å²) in [5.41, 5.74) is 2.80. The van der Waals surface area contributed by atoms with E-state index < -0.39 is 23.8 Å². The SMILES string of the molecule is Cc1cccc(C)c1NC(=O)[C@H](C)OC(=O)Cc1ccccc1F. The molecule has 1 atom stereocenters. The number of para-hydroxylation sites is 1. The predicted octanol–water partition coefficient (Wildman–Crippen LogP) is 3.56. The summed E-state index contributed by atoms with van der Waals surface area (Å²) >= 11 is 0. The molecule has 126 valence electrons. The molecule has 4 nitrogen and oxygen atoms in total. The first kappa shape index (κ1) is 17.7. The maximum absolute atomic E-state index is 13.5. The Bertz CT molecular complexity index is 738. The van der Waals surface area contributed by atoms with E-state index in [1.807, 2.05) is 32.0 Å². The number of carbonyl (C=O) groups is 2. The molecule has 24 heavy (non-hydrogen) atoms. The number of benzene rings is 2. The van der Waals surface area contributed by atoms with Crippen molar-refractivity contribution < 1.29 is 18.7 Å². The molecular weight excluding hydrogens is 309 g/mol. The van der Waals surface area contributed by atoms with Crippen molar-refractivity contribution in [3.8, 4) is 0 Å². The van der Waals surface area contributed by atoms with Crippen LogP contribution < -0.4 is 5.32 Å². The Morgan fingerprint density at radius 1 is 1.08 bits per heavy atom. The van der Waals surface area contributed by atoms with Crippen LogP contribution in [0, 0.1) is 19.7 Å². The van der Waals surface area contributed by atoms with Crippen LogP contribution in [0.25, 0.3) is 0 Å². The highest BCUT2D eigenvalue weighted by Gasteiger charge is 2.20. The Morgan fingerprint density at radius 2 is 1.71 bits per heavy atom. The Kier molecular flexibility index (Phi) is 5.68. The van der Waals surface area contributed by atoms with Crippen LogP contribution in [0.15, 0.2) is 42.5 Å². The van der Waals surface area contributed by atoms with Crippen molar-refractivity contribution in [3.05, 3.63) is 65.0 Å². The number of nitrogens with one attached hydrogen (secondary N) is 1. The Morgan fingerprint density at radius 3 is 2.33 bits per heavy atom. The number of esters is 1. The molecule has 1 N–H and O–H groups in total. The van der Waals surface area contributed by atoms with E-state index in [0.717, 1.165) is 11.1 Å². The summed E-state index contributed by atoms with van der Waals surface area (Å²) < 4.78 is 18.6. The zero-order valence-corrected chi connectivity index (χ0v) is 13.9. The predicted molar refractivity (Wildman–Crippen MR) is 90.2 cm³/mol. The number of halogens is 1. The fourth-order valence-electron chi connectivity index (χ4n) is 2.33. The van der Waals surface area contributed by atoms with E-state index >= 15 is 0 Å². The molecule has 2 rings (SSSR count). The highest BCUT2D eigenvalue weighted by atomic mass is 19.1. The van der Waals surface area contributed by atoms with Crippen LogP contribution >= 0.6 is 0 Å². The van der Waals surface area contributed by atoms with Crippen LogP contribution in [0.4, 0.5) is 10.1 Å². The van der Waals surface area contributed by atoms with Gasteiger partial charge in [-0.2, -0.15) is 0 Å². The van der Waals surface area contributed by atoms with Gasteiger partial charge < -0.3 is 10.1 Å². The van der Waals surface area contributed by atoms with E-state index in [-0.39, 0.29) is 12.0 Å². The third-order valence-electron chi connectivity index (χ3n) is 3.70. The van der Waals surface area contributed by atoms with Crippen molar-refractivity contribution in [2.45, 2.75) is 33.3 Å². The fourth-order valence-corrected chi connectivity index (χ4v) is 2.33. The van der Waals surface area contributed by atoms with Crippen LogP contribution in [0.1, 0.15) is 23.6 Å². The minimum Gasteiger partial charge on any atom is -0.452 e. The van der Waals surface area contributed by atoms with Crippen LogP contribution in [-0.4, -0.2) is 18.0 Å². The molecule has 0 bridgehead atoms. The summed E-state index contributed by atoms with van der Waals surface area (Å²) in [6.07, 6.45) is -1.18. The van der Waals surface area contributed by atoms with E-state index in [4.69, 9.17) is 4.74 Å². The highest BCUT2D eigenvalue weighted by Crippen LogP contribution is 2.20. The molecule has 0 saturated carbocycles. The van der Waals surface area contributed by atoms with Crippen LogP contribution in [-0.2, 0) is 20.7 Å². The lowest BCUT2D eigenvalue weighted by atomic mass is 10.1. The molecule has 0 aliphatic rings. The standard InChI is InChI=1S/C19H20FNO3/c1-12-7-6-8-13(2)18(12)21-19(23)14(3)24-17(22)11-15-9-4-5-10-16(15)20/h4-10,14H,11H2,1-3H3,(H,21,23)/t14-/m0/s1. The van der Waals surface area contributed by atoms with Gasteiger partial charge in [0.05, 0.1) is 6.42 Å². The van der Waals surface area contributed by atoms with Crippen LogP contribution in [0.3, 0.4) is 0 Å². The molecule has 0 heterocycles. The number of aryl methyl sites for hydroxylation is 2. The van der Waals surface area contributed by atoms with E-state index in [1.165, 1.54) is 19.1 Å². The lowest BCUT2D eigenvalue weighted by Gasteiger charge is -2.16. The van der Waals surface area contributed by atoms with Crippen molar-refractivity contribution in [2.24, 2.45) is 0 Å². The first-order valence-corrected chi connectivity index (χ1v) is 7.68. The number of rotatable bonds is 5. The van der Waals surface area contributed by atoms with Gasteiger partial charge in [0.1, 0.15) is 5.82 Å². The van der Waals surface area contributed by atoms with Crippen molar-refractivity contribution in [1.29, 1.82) is 0 Å². The summed E-state index contributed by atoms with van der Waals surface area (Å²) in [6, 6.07) is 11.7. The lowest BCUT2D eigenvalue weighted by molar-refractivity contribution is -0.152. The lowest BCUT2D eigenvalue weighted by Crippen LogP contribution is -2.31. The number of ether oxygens (including phenoxy) is 1. The van der Waals surface area contributed by atoms with Crippen LogP contribution in [0.5, 0.6) is 0 Å². The molecule has 0 aromatic heterocycles. The molecule has 0 spiro atoms. The smallest absolute Gasteiger partial charge is 0.311 e. The van der Waals surface area contributed by atoms with Crippen molar-refractivity contribution in [3.63, 3.8) is 0 Å². The third-order valence-corrected chi connectivity index (χ3v) is 3.70. The van der Waals surface area contributed by atoms with E-state index in [1.54, 1.807) is 12.1 Å². The Balaban J connectivity index is 1.96. The molecular formula is C19H20FNO3. The van der Waals surface area contributed by atoms with Crippen molar-refractivity contribution in [1.82, 2.24) is 0 Å². The summed E-state index contributed by atoms with van der Waals surface area (Å²) in [7, 11) is 0. The summed E-state index contributed by atoms with van der Waals surface area (Å²) in [5.74, 6) is -1.54. The summed E-state index contributed by atoms with van der Waals surface area (Å²) in [5, 5.41) is 2.77. The zero-order chi connectivity index (χ0) is 17.7. The second kappa shape index (κ2) is 7.73. The van der Waals surface area contributed by atoms with Gasteiger partial charge in [-0.1, -0.05) is 36.4 Å². The molecule has 5 heteroatoms. The molecule has 2 aromatic carbocycles. The highest BCUT2D eigenvalue weighted by molar-refractivity contribution is 5.96. The minimum absolute atomic E-state index is 0.215. The van der Waals surface area contributed by atoms with Gasteiger partial charge in [-0.05, 0) is 43.5 Å². The monoisotopic (exact) mass is 329 g/mol. The number of carbonyl (C=O) groups excluding carboxylic acids is 2. The van der Waals surface area contributed by atoms with E-state index in [9.17, 15) is 14.0 Å². The molecule has 0 radical (unpaired) electrons. The first-order valence-electron chi connectivity index (χ1n) is 7.68. The number of amides is 1. The second-order valence-electron chi connectivity index (χ2n) is 5.66. The largest absolute Gasteiger partial charge is 0.452 e. The topological polar surface area (TPSA) is 55.4 Å². The molecule has 2 aromatic rings. The van der Waals surface area contributed by atoms with Gasteiger partial charge in [0.25, 0.3) is 5.91 Å². The Hall–Kier alpha value is -2.69. The van der Waals surface area contributed by atoms with Gasteiger partial charge in [0.2, 0.25) is 0 Å². The van der Waals surface area contributed by atoms with E-state index in [0.29, 0.717) is 5.69 Å². The molecule has 0 unspecified atom stereocenters. The van der Waals surface area contributed by atoms with Gasteiger partial charge in [-0.3, -0.25) is 9.59 Å². The average Bonchev–Trinajstić information content (AvgIpc) is 2.53. The molecule has 0 aliphatic carbocycles. The van der Waals surface area contributed by atoms with Gasteiger partial charge >= 0.3 is 5.97 Å². The normalized spacial score (nSPS) is 11.7. The summed E-state index contributed by atoms with van der Waals surface area (Å²) in [6.45, 7) is 5.26. The average molecular weight is 329 g/mol. The molecule has 0 aliphatic heterocycles. The van der Waals surface area contributed by atoms with Gasteiger partial charge in [0.15, 0.2) is 6.10 Å². The fraction of sp³-hybridized carbons (Fsp3) is 0.263. The van der Waals surface area contributed by atoms with Crippen molar-refractivity contribution >= 4 is 17.6 Å². The quantitative estimate of drug-likeness (QED) is 0.854. The second-order valence-corrected chi connectivity index (χ2v) is 5.66. The van der Waals surface area contributed by atoms with Gasteiger partial charge in [-0.25, -0.2) is 4.39 Å². The van der Waals surface area contributed by atoms with Crippen LogP contribution in [0.2, 0.25) is 0 Å². The first-order chi connectivity index (χ1) is 11.4. The molecule has 0 fully saturated rings. The molecule has 0 saturated heterocycles. The van der Waals surface area contributed by atoms with E-state index in [2.05, 4.69) is 5.32 Å². The number of hydrogen-bond acceptors (Lipinski definition) is 3. The van der Waals surface area contributed by atoms with Crippen molar-refractivity contribution in [2.75, 3.05) is 5.32 Å². The minimum atomic E-state index is -0.969. The number of anilines is 1. The van der Waals surface area contributed by atoms with Gasteiger partial charge in [-0.15, -0.1) is 0 Å². The maximum atomic E-state index is 13.5. The Labute approximate surface area is 140 Å².